The second-order valence-electron chi connectivity index (χ2n) is 6.17. The number of fused-ring (bicyclic) bond motifs is 1. The molecule has 6 nitrogen and oxygen atoms in total. The zero-order valence-corrected chi connectivity index (χ0v) is 16.1. The normalized spacial score (nSPS) is 10.5. The van der Waals surface area contributed by atoms with E-state index in [9.17, 15) is 9.59 Å². The summed E-state index contributed by atoms with van der Waals surface area (Å²) in [5.41, 5.74) is 0.650. The molecule has 0 atom stereocenters. The van der Waals surface area contributed by atoms with Crippen LogP contribution in [0.1, 0.15) is 45.1 Å². The molecule has 0 spiro atoms. The molecule has 2 rings (SSSR count). The van der Waals surface area contributed by atoms with Gasteiger partial charge in [0.15, 0.2) is 0 Å². The van der Waals surface area contributed by atoms with E-state index in [1.54, 1.807) is 25.1 Å². The fraction of sp³-hybridized carbons (Fsp3) is 0.429. The third kappa shape index (κ3) is 5.88. The molecule has 0 aliphatic heterocycles. The number of carbonyl (C=O) groups is 2. The van der Waals surface area contributed by atoms with Gasteiger partial charge in [0.05, 0.1) is 13.2 Å². The summed E-state index contributed by atoms with van der Waals surface area (Å²) in [4.78, 5) is 23.8. The van der Waals surface area contributed by atoms with Gasteiger partial charge in [-0.1, -0.05) is 51.0 Å². The molecule has 0 saturated heterocycles. The van der Waals surface area contributed by atoms with Crippen LogP contribution in [-0.2, 0) is 9.47 Å². The van der Waals surface area contributed by atoms with Gasteiger partial charge in [-0.15, -0.1) is 0 Å². The molecule has 2 aromatic carbocycles. The predicted molar refractivity (Wildman–Crippen MR) is 102 cm³/mol. The van der Waals surface area contributed by atoms with Gasteiger partial charge in [-0.2, -0.15) is 0 Å². The molecule has 0 aliphatic rings. The van der Waals surface area contributed by atoms with E-state index in [0.29, 0.717) is 41.0 Å². The topological polar surface area (TPSA) is 71.1 Å². The molecule has 0 radical (unpaired) electrons. The molecular formula is C21H26O6. The number of benzene rings is 2. The summed E-state index contributed by atoms with van der Waals surface area (Å²) in [5.74, 6) is 0.745. The summed E-state index contributed by atoms with van der Waals surface area (Å²) < 4.78 is 20.9. The fourth-order valence-corrected chi connectivity index (χ4v) is 2.50. The largest absolute Gasteiger partial charge is 0.513 e. The Morgan fingerprint density at radius 1 is 0.852 bits per heavy atom. The molecule has 6 heteroatoms. The first-order valence-electron chi connectivity index (χ1n) is 9.28. The Kier molecular flexibility index (Phi) is 7.92. The van der Waals surface area contributed by atoms with Crippen LogP contribution in [0.25, 0.3) is 10.8 Å². The van der Waals surface area contributed by atoms with Crippen molar-refractivity contribution in [3.63, 3.8) is 0 Å². The van der Waals surface area contributed by atoms with Gasteiger partial charge in [0.2, 0.25) is 0 Å². The van der Waals surface area contributed by atoms with Crippen molar-refractivity contribution in [2.45, 2.75) is 46.5 Å². The summed E-state index contributed by atoms with van der Waals surface area (Å²) >= 11 is 0. The van der Waals surface area contributed by atoms with E-state index in [1.165, 1.54) is 0 Å². The molecule has 0 heterocycles. The van der Waals surface area contributed by atoms with Crippen LogP contribution in [-0.4, -0.2) is 25.5 Å². The molecule has 0 N–H and O–H groups in total. The first-order valence-corrected chi connectivity index (χ1v) is 9.28. The third-order valence-corrected chi connectivity index (χ3v) is 3.96. The maximum Gasteiger partial charge on any atom is 0.513 e. The van der Waals surface area contributed by atoms with Crippen LogP contribution in [0.3, 0.4) is 0 Å². The lowest BCUT2D eigenvalue weighted by Crippen LogP contribution is -2.14. The summed E-state index contributed by atoms with van der Waals surface area (Å²) in [5, 5.41) is 1.30. The van der Waals surface area contributed by atoms with Crippen molar-refractivity contribution < 1.29 is 28.5 Å². The summed E-state index contributed by atoms with van der Waals surface area (Å²) in [6.45, 7) is 6.43. The van der Waals surface area contributed by atoms with Crippen LogP contribution in [0.5, 0.6) is 11.5 Å². The molecule has 27 heavy (non-hydrogen) atoms. The van der Waals surface area contributed by atoms with Crippen molar-refractivity contribution in [1.29, 1.82) is 0 Å². The first-order chi connectivity index (χ1) is 13.1. The SMILES string of the molecule is CCCCOC(=O)Oc1cc(C)c(OC(=O)OCCCC)c2ccccc12. The Morgan fingerprint density at radius 3 is 2.00 bits per heavy atom. The van der Waals surface area contributed by atoms with Gasteiger partial charge >= 0.3 is 12.3 Å². The second kappa shape index (κ2) is 10.4. The number of hydrogen-bond acceptors (Lipinski definition) is 6. The highest BCUT2D eigenvalue weighted by atomic mass is 16.7. The highest BCUT2D eigenvalue weighted by molar-refractivity contribution is 5.96. The third-order valence-electron chi connectivity index (χ3n) is 3.96. The zero-order valence-electron chi connectivity index (χ0n) is 16.1. The Hall–Kier alpha value is -2.76. The minimum atomic E-state index is -0.749. The lowest BCUT2D eigenvalue weighted by atomic mass is 10.0. The highest BCUT2D eigenvalue weighted by Gasteiger charge is 2.17. The van der Waals surface area contributed by atoms with E-state index in [4.69, 9.17) is 18.9 Å². The van der Waals surface area contributed by atoms with Crippen molar-refractivity contribution in [2.75, 3.05) is 13.2 Å². The van der Waals surface area contributed by atoms with Gasteiger partial charge in [0.25, 0.3) is 0 Å². The molecule has 0 amide bonds. The lowest BCUT2D eigenvalue weighted by Gasteiger charge is -2.14. The number of rotatable bonds is 8. The summed E-state index contributed by atoms with van der Waals surface area (Å²) in [6.07, 6.45) is 1.92. The Bertz CT molecular complexity index is 784. The van der Waals surface area contributed by atoms with Crippen molar-refractivity contribution >= 4 is 23.1 Å². The summed E-state index contributed by atoms with van der Waals surface area (Å²) in [7, 11) is 0. The smallest absolute Gasteiger partial charge is 0.434 e. The average Bonchev–Trinajstić information content (AvgIpc) is 2.65. The molecule has 0 aliphatic carbocycles. The minimum absolute atomic E-state index is 0.317. The number of hydrogen-bond donors (Lipinski definition) is 0. The molecule has 2 aromatic rings. The molecule has 146 valence electrons. The van der Waals surface area contributed by atoms with Crippen LogP contribution in [0, 0.1) is 6.92 Å². The number of carbonyl (C=O) groups excluding carboxylic acids is 2. The molecule has 0 saturated carbocycles. The molecule has 0 unspecified atom stereocenters. The van der Waals surface area contributed by atoms with Crippen LogP contribution < -0.4 is 9.47 Å². The standard InChI is InChI=1S/C21H26O6/c1-4-6-12-24-20(22)26-18-14-15(3)19(17-11-9-8-10-16(17)18)27-21(23)25-13-7-5-2/h8-11,14H,4-7,12-13H2,1-3H3. The molecule has 0 aromatic heterocycles. The van der Waals surface area contributed by atoms with Crippen LogP contribution >= 0.6 is 0 Å². The van der Waals surface area contributed by atoms with Gasteiger partial charge in [-0.25, -0.2) is 9.59 Å². The van der Waals surface area contributed by atoms with Gasteiger partial charge in [0.1, 0.15) is 11.5 Å². The van der Waals surface area contributed by atoms with Crippen molar-refractivity contribution in [3.8, 4) is 11.5 Å². The van der Waals surface area contributed by atoms with Gasteiger partial charge in [-0.05, 0) is 31.4 Å². The lowest BCUT2D eigenvalue weighted by molar-refractivity contribution is 0.0961. The van der Waals surface area contributed by atoms with Crippen LogP contribution in [0.2, 0.25) is 0 Å². The van der Waals surface area contributed by atoms with Gasteiger partial charge < -0.3 is 18.9 Å². The van der Waals surface area contributed by atoms with E-state index >= 15 is 0 Å². The first kappa shape index (κ1) is 20.6. The van der Waals surface area contributed by atoms with E-state index in [2.05, 4.69) is 0 Å². The summed E-state index contributed by atoms with van der Waals surface area (Å²) in [6, 6.07) is 8.87. The minimum Gasteiger partial charge on any atom is -0.434 e. The second-order valence-corrected chi connectivity index (χ2v) is 6.17. The van der Waals surface area contributed by atoms with Crippen molar-refractivity contribution in [1.82, 2.24) is 0 Å². The Labute approximate surface area is 159 Å². The van der Waals surface area contributed by atoms with Crippen LogP contribution in [0.4, 0.5) is 9.59 Å². The maximum atomic E-state index is 11.9. The van der Waals surface area contributed by atoms with E-state index in [-0.39, 0.29) is 0 Å². The predicted octanol–water partition coefficient (Wildman–Crippen LogP) is 5.78. The van der Waals surface area contributed by atoms with E-state index in [0.717, 1.165) is 25.7 Å². The van der Waals surface area contributed by atoms with Gasteiger partial charge in [-0.3, -0.25) is 0 Å². The van der Waals surface area contributed by atoms with Crippen molar-refractivity contribution in [3.05, 3.63) is 35.9 Å². The van der Waals surface area contributed by atoms with Gasteiger partial charge in [0, 0.05) is 10.8 Å². The van der Waals surface area contributed by atoms with E-state index in [1.807, 2.05) is 26.0 Å². The monoisotopic (exact) mass is 374 g/mol. The molecular weight excluding hydrogens is 348 g/mol. The molecule has 0 fully saturated rings. The number of aryl methyl sites for hydroxylation is 1. The zero-order chi connectivity index (χ0) is 19.6. The Balaban J connectivity index is 2.22. The Morgan fingerprint density at radius 2 is 1.41 bits per heavy atom. The van der Waals surface area contributed by atoms with Crippen LogP contribution in [0.15, 0.2) is 30.3 Å². The fourth-order valence-electron chi connectivity index (χ4n) is 2.50. The molecule has 0 bridgehead atoms. The van der Waals surface area contributed by atoms with E-state index < -0.39 is 12.3 Å². The highest BCUT2D eigenvalue weighted by Crippen LogP contribution is 2.36. The number of ether oxygens (including phenoxy) is 4. The average molecular weight is 374 g/mol. The van der Waals surface area contributed by atoms with Crippen molar-refractivity contribution in [2.24, 2.45) is 0 Å². The quantitative estimate of drug-likeness (QED) is 0.331. The number of unbranched alkanes of at least 4 members (excludes halogenated alkanes) is 2. The maximum absolute atomic E-state index is 11.9.